The maximum Gasteiger partial charge on any atom is 0.237 e. The normalized spacial score (nSPS) is 30.4. The molecule has 3 unspecified atom stereocenters. The number of carbonyl (C=O) groups is 1. The van der Waals surface area contributed by atoms with E-state index in [0.29, 0.717) is 37.8 Å². The summed E-state index contributed by atoms with van der Waals surface area (Å²) in [6, 6.07) is 2.16. The van der Waals surface area contributed by atoms with Gasteiger partial charge in [0.25, 0.3) is 0 Å². The Morgan fingerprint density at radius 2 is 1.95 bits per heavy atom. The zero-order valence-electron chi connectivity index (χ0n) is 20.8. The number of halogens is 3. The van der Waals surface area contributed by atoms with Gasteiger partial charge in [0.1, 0.15) is 41.5 Å². The number of thioether (sulfide) groups is 1. The molecule has 0 radical (unpaired) electrons. The van der Waals surface area contributed by atoms with Gasteiger partial charge in [-0.1, -0.05) is 23.8 Å². The van der Waals surface area contributed by atoms with Crippen LogP contribution in [0.2, 0.25) is 0 Å². The topological polar surface area (TPSA) is 111 Å². The molecule has 3 rings (SSSR count). The van der Waals surface area contributed by atoms with Crippen LogP contribution >= 0.6 is 23.4 Å². The first-order valence-corrected chi connectivity index (χ1v) is 14.0. The van der Waals surface area contributed by atoms with Crippen LogP contribution in [-0.4, -0.2) is 81.3 Å². The van der Waals surface area contributed by atoms with E-state index in [0.717, 1.165) is 11.6 Å². The summed E-state index contributed by atoms with van der Waals surface area (Å²) in [5.41, 5.74) is 0.865. The monoisotopic (exact) mass is 560 g/mol. The molecule has 1 aromatic rings. The number of ether oxygens (including phenoxy) is 1. The van der Waals surface area contributed by atoms with Crippen molar-refractivity contribution in [3.8, 4) is 0 Å². The summed E-state index contributed by atoms with van der Waals surface area (Å²) in [7, 11) is 0. The van der Waals surface area contributed by atoms with Gasteiger partial charge < -0.3 is 30.7 Å². The molecular weight excluding hydrogens is 526 g/mol. The van der Waals surface area contributed by atoms with E-state index in [1.165, 1.54) is 23.9 Å². The highest BCUT2D eigenvalue weighted by Gasteiger charge is 2.48. The Balaban J connectivity index is 1.57. The van der Waals surface area contributed by atoms with Crippen molar-refractivity contribution in [2.75, 3.05) is 12.8 Å². The molecule has 0 aromatic heterocycles. The number of aliphatic hydroxyl groups is 3. The molecule has 1 amide bonds. The van der Waals surface area contributed by atoms with E-state index in [-0.39, 0.29) is 5.91 Å². The Hall–Kier alpha value is -1.53. The van der Waals surface area contributed by atoms with Gasteiger partial charge >= 0.3 is 0 Å². The average molecular weight is 561 g/mol. The lowest BCUT2D eigenvalue weighted by atomic mass is 9.93. The second-order valence-corrected chi connectivity index (χ2v) is 11.0. The molecule has 7 nitrogen and oxygen atoms in total. The highest BCUT2D eigenvalue weighted by Crippen LogP contribution is 2.30. The van der Waals surface area contributed by atoms with Crippen LogP contribution < -0.4 is 10.6 Å². The molecule has 1 fully saturated rings. The van der Waals surface area contributed by atoms with Crippen LogP contribution in [0.25, 0.3) is 0 Å². The van der Waals surface area contributed by atoms with Crippen molar-refractivity contribution in [3.05, 3.63) is 59.2 Å². The number of aliphatic hydroxyl groups excluding tert-OH is 3. The van der Waals surface area contributed by atoms with Gasteiger partial charge in [0.2, 0.25) is 5.91 Å². The molecule has 0 bridgehead atoms. The Kier molecular flexibility index (Phi) is 11.4. The molecule has 0 saturated carbocycles. The molecule has 37 heavy (non-hydrogen) atoms. The van der Waals surface area contributed by atoms with E-state index in [9.17, 15) is 28.9 Å². The molecule has 11 heteroatoms. The first-order valence-electron chi connectivity index (χ1n) is 12.3. The second kappa shape index (κ2) is 14.0. The molecule has 206 valence electrons. The summed E-state index contributed by atoms with van der Waals surface area (Å²) >= 11 is 7.54. The number of allylic oxidation sites excluding steroid dienone is 2. The SMILES string of the molecule is CSC1O[C@H]([C@H](NC(=O)[C@@H]2CC=C(/C=C/CCc3cc(F)cc(F)c3)CCN2)[C@H](C)Cl)C(O)C(O)[C@H]1O. The average Bonchev–Trinajstić information content (AvgIpc) is 3.09. The molecule has 0 aliphatic carbocycles. The van der Waals surface area contributed by atoms with Crippen LogP contribution in [0.5, 0.6) is 0 Å². The predicted molar refractivity (Wildman–Crippen MR) is 140 cm³/mol. The molecule has 8 atom stereocenters. The molecule has 1 aromatic carbocycles. The van der Waals surface area contributed by atoms with Crippen LogP contribution in [0.4, 0.5) is 8.78 Å². The lowest BCUT2D eigenvalue weighted by Gasteiger charge is -2.44. The van der Waals surface area contributed by atoms with Gasteiger partial charge in [0.05, 0.1) is 17.5 Å². The summed E-state index contributed by atoms with van der Waals surface area (Å²) in [6.45, 7) is 2.22. The summed E-state index contributed by atoms with van der Waals surface area (Å²) < 4.78 is 32.5. The summed E-state index contributed by atoms with van der Waals surface area (Å²) in [4.78, 5) is 13.1. The van der Waals surface area contributed by atoms with Crippen LogP contribution in [0.1, 0.15) is 31.7 Å². The third-order valence-electron chi connectivity index (χ3n) is 6.59. The van der Waals surface area contributed by atoms with E-state index in [2.05, 4.69) is 10.6 Å². The summed E-state index contributed by atoms with van der Waals surface area (Å²) in [5, 5.41) is 36.4. The molecule has 2 heterocycles. The Morgan fingerprint density at radius 1 is 1.24 bits per heavy atom. The number of hydrogen-bond acceptors (Lipinski definition) is 7. The molecule has 2 aliphatic rings. The highest BCUT2D eigenvalue weighted by atomic mass is 35.5. The Bertz CT molecular complexity index is 960. The minimum Gasteiger partial charge on any atom is -0.388 e. The largest absolute Gasteiger partial charge is 0.388 e. The fraction of sp³-hybridized carbons (Fsp3) is 0.577. The molecule has 1 saturated heterocycles. The van der Waals surface area contributed by atoms with Gasteiger partial charge in [-0.15, -0.1) is 23.4 Å². The number of amides is 1. The fourth-order valence-corrected chi connectivity index (χ4v) is 5.41. The summed E-state index contributed by atoms with van der Waals surface area (Å²) in [5.74, 6) is -1.49. The van der Waals surface area contributed by atoms with Gasteiger partial charge in [0, 0.05) is 6.07 Å². The van der Waals surface area contributed by atoms with Crippen molar-refractivity contribution in [1.82, 2.24) is 10.6 Å². The number of carbonyl (C=O) groups excluding carboxylic acids is 1. The van der Waals surface area contributed by atoms with Gasteiger partial charge in [-0.25, -0.2) is 8.78 Å². The zero-order valence-corrected chi connectivity index (χ0v) is 22.4. The van der Waals surface area contributed by atoms with E-state index in [4.69, 9.17) is 16.3 Å². The van der Waals surface area contributed by atoms with E-state index < -0.39 is 58.9 Å². The van der Waals surface area contributed by atoms with Crippen molar-refractivity contribution in [2.24, 2.45) is 0 Å². The van der Waals surface area contributed by atoms with Crippen LogP contribution in [0, 0.1) is 11.6 Å². The second-order valence-electron chi connectivity index (χ2n) is 9.38. The van der Waals surface area contributed by atoms with Crippen molar-refractivity contribution >= 4 is 29.3 Å². The number of aryl methyl sites for hydroxylation is 1. The molecule has 0 spiro atoms. The van der Waals surface area contributed by atoms with Gasteiger partial charge in [-0.05, 0) is 63.1 Å². The van der Waals surface area contributed by atoms with Crippen LogP contribution in [0.15, 0.2) is 42.0 Å². The zero-order chi connectivity index (χ0) is 27.1. The number of hydrogen-bond donors (Lipinski definition) is 5. The Morgan fingerprint density at radius 3 is 2.59 bits per heavy atom. The van der Waals surface area contributed by atoms with Crippen molar-refractivity contribution in [3.63, 3.8) is 0 Å². The quantitative estimate of drug-likeness (QED) is 0.295. The lowest BCUT2D eigenvalue weighted by molar-refractivity contribution is -0.205. The molecule has 5 N–H and O–H groups in total. The third kappa shape index (κ3) is 8.23. The number of alkyl halides is 1. The van der Waals surface area contributed by atoms with Gasteiger partial charge in [0.15, 0.2) is 0 Å². The molecule has 2 aliphatic heterocycles. The number of benzene rings is 1. The van der Waals surface area contributed by atoms with E-state index in [1.54, 1.807) is 13.2 Å². The van der Waals surface area contributed by atoms with E-state index >= 15 is 0 Å². The minimum absolute atomic E-state index is 0.316. The fourth-order valence-electron chi connectivity index (χ4n) is 4.52. The predicted octanol–water partition coefficient (Wildman–Crippen LogP) is 2.41. The number of nitrogens with one attached hydrogen (secondary N) is 2. The third-order valence-corrected chi connectivity index (χ3v) is 7.71. The standard InChI is InChI=1S/C26H35ClF2N2O5S/c1-14(27)20(24-22(33)21(32)23(34)26(36-24)37-2)31-25(35)19-8-7-15(9-10-30-19)5-3-4-6-16-11-17(28)13-18(29)12-16/h3,5,7,11-14,19-24,26,30,32-34H,4,6,8-10H2,1-2H3,(H,31,35)/b5-3+/t14-,19-,20+,21?,22?,23+,24+,26?/m0/s1. The summed E-state index contributed by atoms with van der Waals surface area (Å²) in [6.07, 6.45) is 4.73. The van der Waals surface area contributed by atoms with Crippen molar-refractivity contribution < 1.29 is 33.6 Å². The first kappa shape index (κ1) is 30.0. The van der Waals surface area contributed by atoms with Gasteiger partial charge in [-0.3, -0.25) is 4.79 Å². The Labute approximate surface area is 225 Å². The maximum absolute atomic E-state index is 13.3. The highest BCUT2D eigenvalue weighted by molar-refractivity contribution is 7.99. The minimum atomic E-state index is -1.43. The maximum atomic E-state index is 13.3. The van der Waals surface area contributed by atoms with Crippen molar-refractivity contribution in [1.29, 1.82) is 0 Å². The van der Waals surface area contributed by atoms with Gasteiger partial charge in [-0.2, -0.15) is 0 Å². The molecular formula is C26H35ClF2N2O5S. The van der Waals surface area contributed by atoms with Crippen molar-refractivity contribution in [2.45, 2.75) is 79.9 Å². The van der Waals surface area contributed by atoms with E-state index in [1.807, 2.05) is 18.2 Å². The number of rotatable bonds is 9. The van der Waals surface area contributed by atoms with Crippen LogP contribution in [0.3, 0.4) is 0 Å². The van der Waals surface area contributed by atoms with Crippen LogP contribution in [-0.2, 0) is 16.0 Å². The lowest BCUT2D eigenvalue weighted by Crippen LogP contribution is -2.65. The smallest absolute Gasteiger partial charge is 0.237 e. The first-order chi connectivity index (χ1) is 17.6.